The van der Waals surface area contributed by atoms with Gasteiger partial charge in [0.05, 0.1) is 16.9 Å². The molecule has 8 aromatic rings. The zero-order chi connectivity index (χ0) is 46.7. The van der Waals surface area contributed by atoms with Gasteiger partial charge in [-0.2, -0.15) is 13.0 Å². The van der Waals surface area contributed by atoms with Gasteiger partial charge in [-0.3, -0.25) is 15.1 Å². The van der Waals surface area contributed by atoms with Crippen LogP contribution in [0.1, 0.15) is 84.0 Å². The first kappa shape index (κ1) is 64.5. The number of fused-ring (bicyclic) bond motifs is 4. The number of thiol groups is 2. The molecule has 0 aliphatic carbocycles. The molecule has 0 amide bonds. The third-order valence-electron chi connectivity index (χ3n) is 11.3. The Morgan fingerprint density at radius 3 is 1.17 bits per heavy atom. The van der Waals surface area contributed by atoms with Crippen LogP contribution in [0.25, 0.3) is 43.1 Å². The van der Waals surface area contributed by atoms with E-state index >= 15 is 0 Å². The summed E-state index contributed by atoms with van der Waals surface area (Å²) in [6.45, 7) is 8.55. The van der Waals surface area contributed by atoms with Gasteiger partial charge in [-0.15, -0.1) is 0 Å². The van der Waals surface area contributed by atoms with Crippen molar-refractivity contribution in [3.63, 3.8) is 0 Å². The molecular weight excluding hydrogens is 1000 g/mol. The smallest absolute Gasteiger partial charge is 0.744 e. The predicted octanol–water partition coefficient (Wildman–Crippen LogP) is -2.42. The van der Waals surface area contributed by atoms with Gasteiger partial charge in [-0.25, -0.2) is 8.42 Å². The van der Waals surface area contributed by atoms with Crippen LogP contribution >= 0.6 is 37.9 Å². The van der Waals surface area contributed by atoms with Crippen molar-refractivity contribution in [1.82, 2.24) is 0 Å². The maximum Gasteiger partial charge on any atom is 1.00 e. The molecule has 0 N–H and O–H groups in total. The Balaban J connectivity index is 0.00000127. The van der Waals surface area contributed by atoms with Gasteiger partial charge in [0.2, 0.25) is 0 Å². The Hall–Kier alpha value is -0.600. The molecule has 0 saturated carbocycles. The Bertz CT molecular complexity index is 3030. The molecule has 0 radical (unpaired) electrons. The first-order valence-electron chi connectivity index (χ1n) is 20.2. The summed E-state index contributed by atoms with van der Waals surface area (Å²) < 4.78 is 46.9. The van der Waals surface area contributed by atoms with Crippen molar-refractivity contribution >= 4 is 91.1 Å². The summed E-state index contributed by atoms with van der Waals surface area (Å²) in [6.07, 6.45) is 2.15. The SMILES string of the molecule is CC(C)c1ccc(Cc2ccc(Cc3ccc(Cc4ccc(C(C)C)c5cc(S(=O)(=O)[O-])ccc45)c4ccccc34)c3ccccc23)c2cc(SOO[O-])ccc12.[Na+].[Na+].[Na+].[Na+].[O-]OOS.[O-]OOS. The number of benzene rings is 8. The molecule has 0 aliphatic heterocycles. The molecular formula is C49H44Na4O12S4. The minimum Gasteiger partial charge on any atom is -0.744 e. The van der Waals surface area contributed by atoms with Gasteiger partial charge in [-0.05, 0) is 143 Å². The number of hydrogen-bond donors (Lipinski definition) is 2. The summed E-state index contributed by atoms with van der Waals surface area (Å²) in [5.41, 5.74) is 9.47. The fraction of sp³-hybridized carbons (Fsp3) is 0.184. The quantitative estimate of drug-likeness (QED) is 0.0294. The molecule has 0 saturated heterocycles. The van der Waals surface area contributed by atoms with Gasteiger partial charge in [0, 0.05) is 30.7 Å². The number of rotatable bonds is 14. The van der Waals surface area contributed by atoms with Crippen molar-refractivity contribution in [2.75, 3.05) is 0 Å². The minimum atomic E-state index is -4.58. The summed E-state index contributed by atoms with van der Waals surface area (Å²) in [5.74, 6) is 0.511. The summed E-state index contributed by atoms with van der Waals surface area (Å²) >= 11 is 6.68. The van der Waals surface area contributed by atoms with Crippen molar-refractivity contribution in [1.29, 1.82) is 0 Å². The molecule has 340 valence electrons. The van der Waals surface area contributed by atoms with Crippen LogP contribution < -0.4 is 134 Å². The van der Waals surface area contributed by atoms with Crippen molar-refractivity contribution < 1.29 is 175 Å². The molecule has 0 heterocycles. The Morgan fingerprint density at radius 1 is 0.464 bits per heavy atom. The largest absolute Gasteiger partial charge is 1.00 e. The maximum atomic E-state index is 11.9. The second-order valence-corrected chi connectivity index (χ2v) is 18.2. The number of hydrogen-bond acceptors (Lipinski definition) is 15. The fourth-order valence-corrected chi connectivity index (χ4v) is 9.37. The van der Waals surface area contributed by atoms with E-state index < -0.39 is 10.1 Å². The molecule has 0 aromatic heterocycles. The third-order valence-corrected chi connectivity index (χ3v) is 12.9. The van der Waals surface area contributed by atoms with E-state index in [2.05, 4.69) is 191 Å². The molecule has 8 rings (SSSR count). The van der Waals surface area contributed by atoms with Gasteiger partial charge in [0.25, 0.3) is 0 Å². The van der Waals surface area contributed by atoms with Gasteiger partial charge in [0.15, 0.2) is 0 Å². The van der Waals surface area contributed by atoms with Crippen LogP contribution in [0.3, 0.4) is 0 Å². The zero-order valence-electron chi connectivity index (χ0n) is 39.6. The molecule has 0 aliphatic rings. The molecule has 12 nitrogen and oxygen atoms in total. The maximum absolute atomic E-state index is 11.9. The van der Waals surface area contributed by atoms with Crippen molar-refractivity contribution in [2.45, 2.75) is 68.6 Å². The summed E-state index contributed by atoms with van der Waals surface area (Å²) in [5, 5.41) is 45.4. The Kier molecular flexibility index (Phi) is 29.3. The third kappa shape index (κ3) is 16.7. The standard InChI is InChI=1S/C49H44O6S2.4Na.2H2O3S/c1-30(2)40-21-18-37(48-28-38(56-55-54-50)19-23-47(40)48)27-35-16-15-33(43-10-7-8-12-45(35)43)25-32-13-14-34(44-11-6-5-9-42(32)44)26-36-17-22-41(31(3)4)49-29-39(57(51,52)53)20-24-46(36)49;;;;;2*1-2-3-4/h5-24,28-31,50H,25-27H2,1-4H3,(H,51,52,53);;;;;2*1,4H/q;4*+1;;/p-4. The topological polar surface area (TPSA) is 182 Å². The van der Waals surface area contributed by atoms with Gasteiger partial charge in [0.1, 0.15) is 10.1 Å². The minimum absolute atomic E-state index is 0. The first-order chi connectivity index (χ1) is 31.3. The van der Waals surface area contributed by atoms with Crippen molar-refractivity contribution in [3.8, 4) is 0 Å². The monoisotopic (exact) mass is 1040 g/mol. The average molecular weight is 1050 g/mol. The Labute approximate surface area is 506 Å². The average Bonchev–Trinajstić information content (AvgIpc) is 3.31. The normalized spacial score (nSPS) is 11.0. The predicted molar refractivity (Wildman–Crippen MR) is 251 cm³/mol. The van der Waals surface area contributed by atoms with E-state index in [1.54, 1.807) is 6.07 Å². The van der Waals surface area contributed by atoms with E-state index in [9.17, 15) is 18.2 Å². The molecule has 0 unspecified atom stereocenters. The zero-order valence-corrected chi connectivity index (χ0v) is 51.0. The second-order valence-electron chi connectivity index (χ2n) is 15.7. The van der Waals surface area contributed by atoms with E-state index in [-0.39, 0.29) is 129 Å². The van der Waals surface area contributed by atoms with Crippen LogP contribution in [0.15, 0.2) is 143 Å². The molecule has 8 aromatic carbocycles. The second kappa shape index (κ2) is 31.3. The van der Waals surface area contributed by atoms with E-state index in [1.165, 1.54) is 72.4 Å². The van der Waals surface area contributed by atoms with Gasteiger partial charge in [-0.1, -0.05) is 137 Å². The van der Waals surface area contributed by atoms with Crippen molar-refractivity contribution in [3.05, 3.63) is 178 Å². The molecule has 0 spiro atoms. The van der Waals surface area contributed by atoms with E-state index in [0.717, 1.165) is 57.1 Å². The van der Waals surface area contributed by atoms with Crippen LogP contribution in [-0.4, -0.2) is 13.0 Å². The van der Waals surface area contributed by atoms with E-state index in [4.69, 9.17) is 10.5 Å². The summed E-state index contributed by atoms with van der Waals surface area (Å²) in [7, 11) is -4.58. The van der Waals surface area contributed by atoms with E-state index in [1.807, 2.05) is 6.07 Å². The van der Waals surface area contributed by atoms with Gasteiger partial charge < -0.3 is 20.3 Å². The first-order valence-corrected chi connectivity index (χ1v) is 23.1. The summed E-state index contributed by atoms with van der Waals surface area (Å²) in [6, 6.07) is 45.7. The van der Waals surface area contributed by atoms with Crippen LogP contribution in [0, 0.1) is 0 Å². The Morgan fingerprint density at radius 2 is 0.812 bits per heavy atom. The molecule has 20 heteroatoms. The molecule has 0 atom stereocenters. The molecule has 0 fully saturated rings. The van der Waals surface area contributed by atoms with Crippen LogP contribution in [0.5, 0.6) is 0 Å². The van der Waals surface area contributed by atoms with Gasteiger partial charge >= 0.3 is 118 Å². The fourth-order valence-electron chi connectivity index (χ4n) is 8.48. The van der Waals surface area contributed by atoms with Crippen LogP contribution in [0.2, 0.25) is 0 Å². The summed E-state index contributed by atoms with van der Waals surface area (Å²) in [4.78, 5) is 0.592. The van der Waals surface area contributed by atoms with E-state index in [0.29, 0.717) is 12.3 Å². The van der Waals surface area contributed by atoms with Crippen LogP contribution in [0.4, 0.5) is 0 Å². The molecule has 0 bridgehead atoms. The van der Waals surface area contributed by atoms with Crippen LogP contribution in [-0.2, 0) is 57.5 Å². The molecule has 69 heavy (non-hydrogen) atoms. The van der Waals surface area contributed by atoms with Crippen molar-refractivity contribution in [2.24, 2.45) is 0 Å².